The maximum Gasteiger partial charge on any atom is 0.435 e. The monoisotopic (exact) mass is 399 g/mol. The number of anilines is 1. The lowest BCUT2D eigenvalue weighted by Crippen LogP contribution is -2.35. The van der Waals surface area contributed by atoms with Crippen molar-refractivity contribution >= 4 is 11.9 Å². The van der Waals surface area contributed by atoms with Crippen LogP contribution in [-0.2, 0) is 10.9 Å². The van der Waals surface area contributed by atoms with Gasteiger partial charge in [0, 0.05) is 19.2 Å². The van der Waals surface area contributed by atoms with Crippen LogP contribution in [0.15, 0.2) is 24.3 Å². The predicted octanol–water partition coefficient (Wildman–Crippen LogP) is 4.97. The molecule has 1 aromatic heterocycles. The van der Waals surface area contributed by atoms with Gasteiger partial charge in [-0.2, -0.15) is 18.3 Å². The third-order valence-corrected chi connectivity index (χ3v) is 3.58. The molecule has 0 saturated carbocycles. The number of aromatic nitrogens is 2. The Hall–Kier alpha value is -2.71. The molecule has 1 heterocycles. The lowest BCUT2D eigenvalue weighted by atomic mass is 10.2. The van der Waals surface area contributed by atoms with E-state index in [-0.39, 0.29) is 5.82 Å². The summed E-state index contributed by atoms with van der Waals surface area (Å²) >= 11 is 0. The van der Waals surface area contributed by atoms with Crippen molar-refractivity contribution < 1.29 is 27.4 Å². The molecule has 1 amide bonds. The normalized spacial score (nSPS) is 12.0. The van der Waals surface area contributed by atoms with E-state index in [9.17, 15) is 18.0 Å². The van der Waals surface area contributed by atoms with Crippen molar-refractivity contribution in [2.45, 2.75) is 46.4 Å². The van der Waals surface area contributed by atoms with Crippen molar-refractivity contribution in [2.75, 3.05) is 18.6 Å². The number of aryl methyl sites for hydroxylation is 1. The molecule has 0 spiro atoms. The van der Waals surface area contributed by atoms with Crippen molar-refractivity contribution in [2.24, 2.45) is 0 Å². The number of nitrogens with zero attached hydrogens (tertiary/aromatic N) is 3. The molecule has 0 atom stereocenters. The van der Waals surface area contributed by atoms with Crippen LogP contribution in [0.25, 0.3) is 5.69 Å². The van der Waals surface area contributed by atoms with Gasteiger partial charge >= 0.3 is 12.3 Å². The number of alkyl halides is 3. The zero-order valence-electron chi connectivity index (χ0n) is 16.7. The Morgan fingerprint density at radius 3 is 2.36 bits per heavy atom. The number of ether oxygens (including phenoxy) is 2. The van der Waals surface area contributed by atoms with Crippen molar-refractivity contribution in [3.63, 3.8) is 0 Å². The van der Waals surface area contributed by atoms with Gasteiger partial charge in [0.1, 0.15) is 17.2 Å². The first-order chi connectivity index (χ1) is 12.8. The summed E-state index contributed by atoms with van der Waals surface area (Å²) in [6, 6.07) is 5.79. The van der Waals surface area contributed by atoms with Gasteiger partial charge in [-0.3, -0.25) is 4.90 Å². The molecule has 0 saturated heterocycles. The van der Waals surface area contributed by atoms with Gasteiger partial charge in [-0.1, -0.05) is 0 Å². The number of hydrogen-bond donors (Lipinski definition) is 0. The number of hydrogen-bond acceptors (Lipinski definition) is 4. The summed E-state index contributed by atoms with van der Waals surface area (Å²) in [5.74, 6) is 0.419. The maximum absolute atomic E-state index is 13.3. The van der Waals surface area contributed by atoms with Gasteiger partial charge in [-0.25, -0.2) is 9.48 Å². The van der Waals surface area contributed by atoms with E-state index in [2.05, 4.69) is 5.10 Å². The summed E-state index contributed by atoms with van der Waals surface area (Å²) in [5.41, 5.74) is -0.799. The lowest BCUT2D eigenvalue weighted by molar-refractivity contribution is -0.141. The number of benzene rings is 1. The van der Waals surface area contributed by atoms with Gasteiger partial charge in [0.25, 0.3) is 0 Å². The molecule has 28 heavy (non-hydrogen) atoms. The van der Waals surface area contributed by atoms with Gasteiger partial charge in [0.15, 0.2) is 5.69 Å². The summed E-state index contributed by atoms with van der Waals surface area (Å²) in [7, 11) is 1.33. The van der Waals surface area contributed by atoms with E-state index in [1.807, 2.05) is 0 Å². The average Bonchev–Trinajstić information content (AvgIpc) is 2.97. The molecule has 0 fully saturated rings. The van der Waals surface area contributed by atoms with Gasteiger partial charge in [-0.15, -0.1) is 0 Å². The van der Waals surface area contributed by atoms with Crippen LogP contribution in [0.2, 0.25) is 0 Å². The minimum atomic E-state index is -4.67. The van der Waals surface area contributed by atoms with Crippen LogP contribution in [0.1, 0.15) is 39.0 Å². The van der Waals surface area contributed by atoms with E-state index in [0.717, 1.165) is 21.2 Å². The number of amides is 1. The molecule has 0 radical (unpaired) electrons. The molecule has 1 aromatic carbocycles. The van der Waals surface area contributed by atoms with Gasteiger partial charge in [-0.05, 0) is 52.3 Å². The minimum absolute atomic E-state index is 0.0744. The van der Waals surface area contributed by atoms with Crippen LogP contribution < -0.4 is 9.64 Å². The van der Waals surface area contributed by atoms with E-state index < -0.39 is 23.6 Å². The standard InChI is InChI=1S/C19H24F3N3O3/c1-7-27-14-9-12(2)8-13(10-14)25-16(11-15(23-25)19(20,21)22)24(6)17(26)28-18(3,4)5/h8-11H,7H2,1-6H3. The van der Waals surface area contributed by atoms with E-state index in [0.29, 0.717) is 18.0 Å². The highest BCUT2D eigenvalue weighted by Crippen LogP contribution is 2.33. The van der Waals surface area contributed by atoms with E-state index >= 15 is 0 Å². The van der Waals surface area contributed by atoms with Crippen LogP contribution in [0.5, 0.6) is 5.75 Å². The summed E-state index contributed by atoms with van der Waals surface area (Å²) in [6.45, 7) is 9.02. The van der Waals surface area contributed by atoms with E-state index in [1.165, 1.54) is 7.05 Å². The summed E-state index contributed by atoms with van der Waals surface area (Å²) in [4.78, 5) is 13.4. The first-order valence-electron chi connectivity index (χ1n) is 8.70. The van der Waals surface area contributed by atoms with Crippen LogP contribution in [0.3, 0.4) is 0 Å². The number of carbonyl (C=O) groups excluding carboxylic acids is 1. The molecular formula is C19H24F3N3O3. The second kappa shape index (κ2) is 7.73. The number of halogens is 3. The Morgan fingerprint density at radius 1 is 1.18 bits per heavy atom. The first-order valence-corrected chi connectivity index (χ1v) is 8.70. The maximum atomic E-state index is 13.3. The van der Waals surface area contributed by atoms with Gasteiger partial charge < -0.3 is 9.47 Å². The van der Waals surface area contributed by atoms with E-state index in [4.69, 9.17) is 9.47 Å². The van der Waals surface area contributed by atoms with E-state index in [1.54, 1.807) is 52.8 Å². The molecule has 2 aromatic rings. The third kappa shape index (κ3) is 5.17. The smallest absolute Gasteiger partial charge is 0.435 e. The lowest BCUT2D eigenvalue weighted by Gasteiger charge is -2.25. The van der Waals surface area contributed by atoms with Crippen LogP contribution in [0, 0.1) is 6.92 Å². The third-order valence-electron chi connectivity index (χ3n) is 3.58. The summed E-state index contributed by atoms with van der Waals surface area (Å²) in [5, 5.41) is 3.68. The average molecular weight is 399 g/mol. The first kappa shape index (κ1) is 21.6. The fraction of sp³-hybridized carbons (Fsp3) is 0.474. The molecule has 0 N–H and O–H groups in total. The fourth-order valence-electron chi connectivity index (χ4n) is 2.46. The highest BCUT2D eigenvalue weighted by molar-refractivity contribution is 5.86. The second-order valence-corrected chi connectivity index (χ2v) is 7.27. The Bertz CT molecular complexity index is 854. The van der Waals surface area contributed by atoms with Crippen LogP contribution >= 0.6 is 0 Å². The van der Waals surface area contributed by atoms with Crippen molar-refractivity contribution in [3.05, 3.63) is 35.5 Å². The molecular weight excluding hydrogens is 375 g/mol. The quantitative estimate of drug-likeness (QED) is 0.728. The molecule has 154 valence electrons. The SMILES string of the molecule is CCOc1cc(C)cc(-n2nc(C(F)(F)F)cc2N(C)C(=O)OC(C)(C)C)c1. The molecule has 0 unspecified atom stereocenters. The summed E-state index contributed by atoms with van der Waals surface area (Å²) < 4.78 is 51.6. The molecule has 0 aliphatic heterocycles. The largest absolute Gasteiger partial charge is 0.494 e. The van der Waals surface area contributed by atoms with Crippen molar-refractivity contribution in [1.82, 2.24) is 9.78 Å². The summed E-state index contributed by atoms with van der Waals surface area (Å²) in [6.07, 6.45) is -5.46. The van der Waals surface area contributed by atoms with Crippen LogP contribution in [0.4, 0.5) is 23.8 Å². The highest BCUT2D eigenvalue weighted by Gasteiger charge is 2.36. The highest BCUT2D eigenvalue weighted by atomic mass is 19.4. The molecule has 6 nitrogen and oxygen atoms in total. The molecule has 0 aliphatic rings. The second-order valence-electron chi connectivity index (χ2n) is 7.27. The Morgan fingerprint density at radius 2 is 1.82 bits per heavy atom. The number of carbonyl (C=O) groups is 1. The number of rotatable bonds is 4. The van der Waals surface area contributed by atoms with Crippen molar-refractivity contribution in [3.8, 4) is 11.4 Å². The fourth-order valence-corrected chi connectivity index (χ4v) is 2.46. The predicted molar refractivity (Wildman–Crippen MR) is 99.1 cm³/mol. The van der Waals surface area contributed by atoms with Gasteiger partial charge in [0.2, 0.25) is 0 Å². The molecule has 2 rings (SSSR count). The molecule has 0 aliphatic carbocycles. The minimum Gasteiger partial charge on any atom is -0.494 e. The molecule has 0 bridgehead atoms. The Labute approximate surface area is 161 Å². The Kier molecular flexibility index (Phi) is 5.96. The molecule has 9 heteroatoms. The zero-order valence-corrected chi connectivity index (χ0v) is 16.7. The zero-order chi connectivity index (χ0) is 21.3. The van der Waals surface area contributed by atoms with Gasteiger partial charge in [0.05, 0.1) is 12.3 Å². The topological polar surface area (TPSA) is 56.6 Å². The van der Waals surface area contributed by atoms with Crippen molar-refractivity contribution in [1.29, 1.82) is 0 Å². The Balaban J connectivity index is 2.58. The van der Waals surface area contributed by atoms with Crippen LogP contribution in [-0.4, -0.2) is 35.1 Å².